The van der Waals surface area contributed by atoms with Gasteiger partial charge in [0.25, 0.3) is 0 Å². The summed E-state index contributed by atoms with van der Waals surface area (Å²) < 4.78 is 20.0. The number of benzene rings is 2. The van der Waals surface area contributed by atoms with Crippen LogP contribution in [0.15, 0.2) is 36.4 Å². The van der Waals surface area contributed by atoms with Crippen molar-refractivity contribution in [1.29, 1.82) is 5.26 Å². The molecule has 2 aromatic carbocycles. The molecular weight excluding hydrogens is 365 g/mol. The fourth-order valence-corrected chi connectivity index (χ4v) is 2.71. The number of methoxy groups -OCH3 is 1. The maximum atomic E-state index is 15.0. The van der Waals surface area contributed by atoms with Gasteiger partial charge in [-0.25, -0.2) is 4.39 Å². The predicted molar refractivity (Wildman–Crippen MR) is 107 cm³/mol. The summed E-state index contributed by atoms with van der Waals surface area (Å²) in [6.45, 7) is 5.35. The highest BCUT2D eigenvalue weighted by molar-refractivity contribution is 7.80. The van der Waals surface area contributed by atoms with Crippen LogP contribution in [0.25, 0.3) is 0 Å². The van der Waals surface area contributed by atoms with E-state index >= 15 is 0 Å². The van der Waals surface area contributed by atoms with Crippen LogP contribution in [0.4, 0.5) is 15.8 Å². The van der Waals surface area contributed by atoms with Crippen molar-refractivity contribution in [1.82, 2.24) is 0 Å². The van der Waals surface area contributed by atoms with Crippen LogP contribution >= 0.6 is 12.2 Å². The van der Waals surface area contributed by atoms with Gasteiger partial charge in [0.15, 0.2) is 16.7 Å². The molecule has 0 spiro atoms. The van der Waals surface area contributed by atoms with Crippen LogP contribution in [-0.4, -0.2) is 18.1 Å². The summed E-state index contributed by atoms with van der Waals surface area (Å²) in [4.78, 5) is 13.9. The smallest absolute Gasteiger partial charge is 0.235 e. The molecule has 7 heteroatoms. The van der Waals surface area contributed by atoms with Crippen LogP contribution in [0.5, 0.6) is 5.75 Å². The Bertz CT molecular complexity index is 905. The first-order valence-corrected chi connectivity index (χ1v) is 8.69. The zero-order valence-electron chi connectivity index (χ0n) is 15.5. The van der Waals surface area contributed by atoms with E-state index in [1.54, 1.807) is 13.8 Å². The molecule has 0 saturated heterocycles. The minimum Gasteiger partial charge on any atom is -0.492 e. The minimum atomic E-state index is -0.821. The maximum absolute atomic E-state index is 15.0. The molecule has 0 fully saturated rings. The molecule has 0 aromatic heterocycles. The number of rotatable bonds is 4. The SMILES string of the molecule is COc1c(C#N)ccc(N(C(=O)C(C)C)C(=S)Nc2ccc(C)cc2)c1F. The topological polar surface area (TPSA) is 65.4 Å². The average Bonchev–Trinajstić information content (AvgIpc) is 2.64. The third-order valence-electron chi connectivity index (χ3n) is 3.86. The number of nitrogens with one attached hydrogen (secondary N) is 1. The van der Waals surface area contributed by atoms with Gasteiger partial charge >= 0.3 is 0 Å². The summed E-state index contributed by atoms with van der Waals surface area (Å²) in [5.41, 5.74) is 1.71. The molecule has 5 nitrogen and oxygen atoms in total. The third-order valence-corrected chi connectivity index (χ3v) is 4.15. The Morgan fingerprint density at radius 3 is 2.41 bits per heavy atom. The molecule has 0 atom stereocenters. The van der Waals surface area contributed by atoms with Crippen molar-refractivity contribution in [2.24, 2.45) is 5.92 Å². The standard InChI is InChI=1S/C20H20FN3O2S/c1-12(2)19(25)24(20(27)23-15-8-5-13(3)6-9-15)16-10-7-14(11-22)18(26-4)17(16)21/h5-10,12H,1-4H3,(H,23,27). The number of amides is 1. The second-order valence-corrected chi connectivity index (χ2v) is 6.60. The van der Waals surface area contributed by atoms with Gasteiger partial charge < -0.3 is 10.1 Å². The highest BCUT2D eigenvalue weighted by Crippen LogP contribution is 2.32. The second-order valence-electron chi connectivity index (χ2n) is 6.22. The lowest BCUT2D eigenvalue weighted by molar-refractivity contribution is -0.120. The first kappa shape index (κ1) is 20.3. The number of halogens is 1. The lowest BCUT2D eigenvalue weighted by Gasteiger charge is -2.26. The van der Waals surface area contributed by atoms with Crippen molar-refractivity contribution >= 4 is 34.6 Å². The summed E-state index contributed by atoms with van der Waals surface area (Å²) in [7, 11) is 1.26. The van der Waals surface area contributed by atoms with Crippen LogP contribution in [0.2, 0.25) is 0 Å². The Balaban J connectivity index is 2.49. The molecule has 27 heavy (non-hydrogen) atoms. The Morgan fingerprint density at radius 2 is 1.89 bits per heavy atom. The average molecular weight is 385 g/mol. The zero-order valence-corrected chi connectivity index (χ0v) is 16.4. The first-order chi connectivity index (χ1) is 12.8. The lowest BCUT2D eigenvalue weighted by Crippen LogP contribution is -2.42. The summed E-state index contributed by atoms with van der Waals surface area (Å²) in [6.07, 6.45) is 0. The van der Waals surface area contributed by atoms with Crippen molar-refractivity contribution in [2.45, 2.75) is 20.8 Å². The molecule has 1 amide bonds. The lowest BCUT2D eigenvalue weighted by atomic mass is 10.1. The number of nitriles is 1. The highest BCUT2D eigenvalue weighted by atomic mass is 32.1. The molecular formula is C20H20FN3O2S. The number of aryl methyl sites for hydroxylation is 1. The van der Waals surface area contributed by atoms with E-state index in [9.17, 15) is 9.18 Å². The number of hydrogen-bond donors (Lipinski definition) is 1. The maximum Gasteiger partial charge on any atom is 0.235 e. The van der Waals surface area contributed by atoms with Gasteiger partial charge in [0, 0.05) is 11.6 Å². The van der Waals surface area contributed by atoms with E-state index in [1.165, 1.54) is 19.2 Å². The molecule has 0 unspecified atom stereocenters. The zero-order chi connectivity index (χ0) is 20.1. The van der Waals surface area contributed by atoms with Crippen molar-refractivity contribution in [2.75, 3.05) is 17.3 Å². The highest BCUT2D eigenvalue weighted by Gasteiger charge is 2.28. The number of anilines is 2. The summed E-state index contributed by atoms with van der Waals surface area (Å²) >= 11 is 5.39. The Labute approximate surface area is 163 Å². The molecule has 1 N–H and O–H groups in total. The third kappa shape index (κ3) is 4.41. The number of carbonyl (C=O) groups is 1. The van der Waals surface area contributed by atoms with Crippen molar-refractivity contribution in [3.63, 3.8) is 0 Å². The van der Waals surface area contributed by atoms with Gasteiger partial charge in [-0.1, -0.05) is 31.5 Å². The Hall–Kier alpha value is -2.98. The fraction of sp³-hybridized carbons (Fsp3) is 0.250. The fourth-order valence-electron chi connectivity index (χ4n) is 2.41. The van der Waals surface area contributed by atoms with E-state index in [4.69, 9.17) is 22.2 Å². The molecule has 140 valence electrons. The van der Waals surface area contributed by atoms with Gasteiger partial charge in [-0.15, -0.1) is 0 Å². The van der Waals surface area contributed by atoms with Crippen LogP contribution < -0.4 is 15.0 Å². The van der Waals surface area contributed by atoms with Crippen molar-refractivity contribution in [3.8, 4) is 11.8 Å². The second kappa shape index (κ2) is 8.60. The number of thiocarbonyl (C=S) groups is 1. The Kier molecular flexibility index (Phi) is 6.48. The molecule has 0 bridgehead atoms. The largest absolute Gasteiger partial charge is 0.492 e. The molecule has 0 aliphatic heterocycles. The number of nitrogens with zero attached hydrogens (tertiary/aromatic N) is 2. The number of hydrogen-bond acceptors (Lipinski definition) is 4. The molecule has 2 aromatic rings. The van der Waals surface area contributed by atoms with Gasteiger partial charge in [0.2, 0.25) is 5.91 Å². The molecule has 2 rings (SSSR count). The van der Waals surface area contributed by atoms with Crippen molar-refractivity contribution < 1.29 is 13.9 Å². The Morgan fingerprint density at radius 1 is 1.26 bits per heavy atom. The molecule has 0 aliphatic carbocycles. The first-order valence-electron chi connectivity index (χ1n) is 8.28. The van der Waals surface area contributed by atoms with Gasteiger partial charge in [0.1, 0.15) is 6.07 Å². The normalized spacial score (nSPS) is 10.3. The van der Waals surface area contributed by atoms with Crippen molar-refractivity contribution in [3.05, 3.63) is 53.3 Å². The van der Waals surface area contributed by atoms with E-state index in [0.717, 1.165) is 10.5 Å². The van der Waals surface area contributed by atoms with E-state index < -0.39 is 11.7 Å². The monoisotopic (exact) mass is 385 g/mol. The van der Waals surface area contributed by atoms with E-state index in [1.807, 2.05) is 37.3 Å². The molecule has 0 heterocycles. The quantitative estimate of drug-likeness (QED) is 0.790. The molecule has 0 aliphatic rings. The van der Waals surface area contributed by atoms with E-state index in [-0.39, 0.29) is 28.0 Å². The predicted octanol–water partition coefficient (Wildman–Crippen LogP) is 4.40. The van der Waals surface area contributed by atoms with Gasteiger partial charge in [-0.3, -0.25) is 9.69 Å². The van der Waals surface area contributed by atoms with E-state index in [2.05, 4.69) is 5.32 Å². The summed E-state index contributed by atoms with van der Waals surface area (Å²) in [5.74, 6) is -1.86. The van der Waals surface area contributed by atoms with Crippen LogP contribution in [-0.2, 0) is 4.79 Å². The summed E-state index contributed by atoms with van der Waals surface area (Å²) in [5, 5.41) is 12.1. The van der Waals surface area contributed by atoms with Gasteiger partial charge in [-0.2, -0.15) is 5.26 Å². The summed E-state index contributed by atoms with van der Waals surface area (Å²) in [6, 6.07) is 12.0. The molecule has 0 radical (unpaired) electrons. The van der Waals surface area contributed by atoms with Crippen LogP contribution in [0, 0.1) is 30.0 Å². The van der Waals surface area contributed by atoms with E-state index in [0.29, 0.717) is 5.69 Å². The molecule has 0 saturated carbocycles. The number of carbonyl (C=O) groups excluding carboxylic acids is 1. The van der Waals surface area contributed by atoms with Crippen LogP contribution in [0.1, 0.15) is 25.0 Å². The van der Waals surface area contributed by atoms with Gasteiger partial charge in [-0.05, 0) is 43.4 Å². The van der Waals surface area contributed by atoms with Gasteiger partial charge in [0.05, 0.1) is 18.4 Å². The van der Waals surface area contributed by atoms with Crippen LogP contribution in [0.3, 0.4) is 0 Å². The minimum absolute atomic E-state index is 0.0308. The number of ether oxygens (including phenoxy) is 1.